The molecule has 0 fully saturated rings. The van der Waals surface area contributed by atoms with Gasteiger partial charge in [0.2, 0.25) is 0 Å². The molecule has 1 heterocycles. The maximum atomic E-state index is 4.49. The fraction of sp³-hybridized carbons (Fsp3) is 0.500. The Morgan fingerprint density at radius 2 is 1.86 bits per heavy atom. The number of unbranched alkanes of at least 4 members (excludes halogenated alkanes) is 4. The fourth-order valence-electron chi connectivity index (χ4n) is 2.67. The first-order valence-electron chi connectivity index (χ1n) is 8.12. The molecule has 1 atom stereocenters. The van der Waals surface area contributed by atoms with E-state index in [2.05, 4.69) is 35.7 Å². The van der Waals surface area contributed by atoms with Crippen LogP contribution < -0.4 is 5.32 Å². The number of aromatic nitrogens is 2. The van der Waals surface area contributed by atoms with E-state index in [4.69, 9.17) is 0 Å². The third-order valence-corrected chi connectivity index (χ3v) is 3.97. The van der Waals surface area contributed by atoms with Crippen molar-refractivity contribution in [3.63, 3.8) is 0 Å². The third-order valence-electron chi connectivity index (χ3n) is 3.97. The summed E-state index contributed by atoms with van der Waals surface area (Å²) in [5.74, 6) is 0. The van der Waals surface area contributed by atoms with Crippen molar-refractivity contribution in [1.82, 2.24) is 15.1 Å². The Kier molecular flexibility index (Phi) is 6.48. The molecule has 1 N–H and O–H groups in total. The zero-order valence-corrected chi connectivity index (χ0v) is 13.3. The Labute approximate surface area is 128 Å². The first kappa shape index (κ1) is 15.8. The standard InChI is InChI=1S/C18H27N3/c1-3-4-5-6-10-13-18(19-2)16-14-20-21(15-16)17-11-8-7-9-12-17/h7-9,11-12,14-15,18-19H,3-6,10,13H2,1-2H3. The van der Waals surface area contributed by atoms with Crippen LogP contribution in [0.3, 0.4) is 0 Å². The Morgan fingerprint density at radius 3 is 2.57 bits per heavy atom. The van der Waals surface area contributed by atoms with Gasteiger partial charge in [-0.3, -0.25) is 0 Å². The quantitative estimate of drug-likeness (QED) is 0.688. The van der Waals surface area contributed by atoms with E-state index >= 15 is 0 Å². The minimum absolute atomic E-state index is 0.407. The van der Waals surface area contributed by atoms with E-state index in [1.54, 1.807) is 0 Å². The molecular formula is C18H27N3. The minimum Gasteiger partial charge on any atom is -0.313 e. The number of hydrogen-bond acceptors (Lipinski definition) is 2. The highest BCUT2D eigenvalue weighted by atomic mass is 15.3. The lowest BCUT2D eigenvalue weighted by molar-refractivity contribution is 0.501. The second kappa shape index (κ2) is 8.63. The van der Waals surface area contributed by atoms with Crippen LogP contribution in [-0.4, -0.2) is 16.8 Å². The summed E-state index contributed by atoms with van der Waals surface area (Å²) < 4.78 is 1.96. The van der Waals surface area contributed by atoms with Crippen molar-refractivity contribution < 1.29 is 0 Å². The van der Waals surface area contributed by atoms with E-state index in [9.17, 15) is 0 Å². The van der Waals surface area contributed by atoms with Crippen molar-refractivity contribution >= 4 is 0 Å². The molecule has 2 rings (SSSR count). The number of rotatable bonds is 9. The number of para-hydroxylation sites is 1. The minimum atomic E-state index is 0.407. The van der Waals surface area contributed by atoms with E-state index in [-0.39, 0.29) is 0 Å². The molecule has 1 aromatic carbocycles. The summed E-state index contributed by atoms with van der Waals surface area (Å²) >= 11 is 0. The lowest BCUT2D eigenvalue weighted by Crippen LogP contribution is -2.15. The molecule has 0 spiro atoms. The average molecular weight is 285 g/mol. The molecule has 0 aliphatic rings. The van der Waals surface area contributed by atoms with Crippen molar-refractivity contribution in [3.05, 3.63) is 48.3 Å². The monoisotopic (exact) mass is 285 g/mol. The van der Waals surface area contributed by atoms with Gasteiger partial charge in [-0.25, -0.2) is 4.68 Å². The smallest absolute Gasteiger partial charge is 0.0645 e. The van der Waals surface area contributed by atoms with Gasteiger partial charge in [0.25, 0.3) is 0 Å². The van der Waals surface area contributed by atoms with Crippen LogP contribution in [0.5, 0.6) is 0 Å². The fourth-order valence-corrected chi connectivity index (χ4v) is 2.67. The maximum Gasteiger partial charge on any atom is 0.0645 e. The van der Waals surface area contributed by atoms with E-state index in [0.29, 0.717) is 6.04 Å². The maximum absolute atomic E-state index is 4.49. The summed E-state index contributed by atoms with van der Waals surface area (Å²) in [6.07, 6.45) is 11.9. The van der Waals surface area contributed by atoms with Gasteiger partial charge in [0.15, 0.2) is 0 Å². The number of benzene rings is 1. The largest absolute Gasteiger partial charge is 0.313 e. The Morgan fingerprint density at radius 1 is 1.10 bits per heavy atom. The highest BCUT2D eigenvalue weighted by Crippen LogP contribution is 2.20. The molecule has 1 unspecified atom stereocenters. The van der Waals surface area contributed by atoms with Crippen LogP contribution in [0.25, 0.3) is 5.69 Å². The SMILES string of the molecule is CCCCCCCC(NC)c1cnn(-c2ccccc2)c1. The van der Waals surface area contributed by atoms with E-state index < -0.39 is 0 Å². The van der Waals surface area contributed by atoms with Crippen molar-refractivity contribution in [2.24, 2.45) is 0 Å². The lowest BCUT2D eigenvalue weighted by atomic mass is 10.0. The summed E-state index contributed by atoms with van der Waals surface area (Å²) in [4.78, 5) is 0. The number of hydrogen-bond donors (Lipinski definition) is 1. The van der Waals surface area contributed by atoms with Gasteiger partial charge in [0, 0.05) is 17.8 Å². The van der Waals surface area contributed by atoms with Crippen molar-refractivity contribution in [2.75, 3.05) is 7.05 Å². The Hall–Kier alpha value is -1.61. The molecule has 0 saturated carbocycles. The average Bonchev–Trinajstić information content (AvgIpc) is 3.01. The van der Waals surface area contributed by atoms with Crippen LogP contribution in [0.4, 0.5) is 0 Å². The molecule has 0 saturated heterocycles. The van der Waals surface area contributed by atoms with Gasteiger partial charge in [0.05, 0.1) is 11.9 Å². The van der Waals surface area contributed by atoms with E-state index in [1.807, 2.05) is 36.1 Å². The molecule has 0 aliphatic carbocycles. The molecule has 0 aliphatic heterocycles. The molecule has 3 heteroatoms. The van der Waals surface area contributed by atoms with Crippen LogP contribution in [0.1, 0.15) is 57.1 Å². The summed E-state index contributed by atoms with van der Waals surface area (Å²) in [7, 11) is 2.04. The molecule has 0 amide bonds. The van der Waals surface area contributed by atoms with Gasteiger partial charge in [-0.2, -0.15) is 5.10 Å². The van der Waals surface area contributed by atoms with Gasteiger partial charge in [0.1, 0.15) is 0 Å². The number of nitrogens with one attached hydrogen (secondary N) is 1. The van der Waals surface area contributed by atoms with Crippen LogP contribution in [0.2, 0.25) is 0 Å². The summed E-state index contributed by atoms with van der Waals surface area (Å²) in [6, 6.07) is 10.7. The van der Waals surface area contributed by atoms with Gasteiger partial charge < -0.3 is 5.32 Å². The Bertz CT molecular complexity index is 504. The van der Waals surface area contributed by atoms with Gasteiger partial charge in [-0.15, -0.1) is 0 Å². The van der Waals surface area contributed by atoms with Gasteiger partial charge in [-0.1, -0.05) is 57.2 Å². The van der Waals surface area contributed by atoms with Crippen LogP contribution in [0.15, 0.2) is 42.7 Å². The van der Waals surface area contributed by atoms with Gasteiger partial charge in [-0.05, 0) is 25.6 Å². The zero-order valence-electron chi connectivity index (χ0n) is 13.3. The van der Waals surface area contributed by atoms with Crippen LogP contribution in [-0.2, 0) is 0 Å². The third kappa shape index (κ3) is 4.71. The lowest BCUT2D eigenvalue weighted by Gasteiger charge is -2.14. The van der Waals surface area contributed by atoms with E-state index in [1.165, 1.54) is 44.1 Å². The second-order valence-corrected chi connectivity index (χ2v) is 5.60. The molecule has 3 nitrogen and oxygen atoms in total. The highest BCUT2D eigenvalue weighted by Gasteiger charge is 2.11. The molecule has 114 valence electrons. The molecule has 2 aromatic rings. The summed E-state index contributed by atoms with van der Waals surface area (Å²) in [5.41, 5.74) is 2.39. The van der Waals surface area contributed by atoms with Crippen LogP contribution in [0, 0.1) is 0 Å². The predicted molar refractivity (Wildman–Crippen MR) is 88.7 cm³/mol. The first-order chi connectivity index (χ1) is 10.3. The molecule has 1 aromatic heterocycles. The topological polar surface area (TPSA) is 29.9 Å². The molecular weight excluding hydrogens is 258 g/mol. The second-order valence-electron chi connectivity index (χ2n) is 5.60. The summed E-state index contributed by atoms with van der Waals surface area (Å²) in [5, 5.41) is 7.91. The van der Waals surface area contributed by atoms with Crippen molar-refractivity contribution in [3.8, 4) is 5.69 Å². The Balaban J connectivity index is 1.92. The normalized spacial score (nSPS) is 12.5. The van der Waals surface area contributed by atoms with Crippen molar-refractivity contribution in [1.29, 1.82) is 0 Å². The molecule has 21 heavy (non-hydrogen) atoms. The highest BCUT2D eigenvalue weighted by molar-refractivity contribution is 5.31. The predicted octanol–water partition coefficient (Wildman–Crippen LogP) is 4.49. The van der Waals surface area contributed by atoms with Crippen LogP contribution >= 0.6 is 0 Å². The molecule has 0 radical (unpaired) electrons. The zero-order chi connectivity index (χ0) is 14.9. The van der Waals surface area contributed by atoms with Gasteiger partial charge >= 0.3 is 0 Å². The first-order valence-corrected chi connectivity index (χ1v) is 8.12. The van der Waals surface area contributed by atoms with Crippen molar-refractivity contribution in [2.45, 2.75) is 51.5 Å². The van der Waals surface area contributed by atoms with E-state index in [0.717, 1.165) is 5.69 Å². The summed E-state index contributed by atoms with van der Waals surface area (Å²) in [6.45, 7) is 2.26. The molecule has 0 bridgehead atoms. The number of nitrogens with zero attached hydrogens (tertiary/aromatic N) is 2.